The average molecular weight is 767 g/mol. The summed E-state index contributed by atoms with van der Waals surface area (Å²) in [7, 11) is 0. The minimum atomic E-state index is -0.628. The van der Waals surface area contributed by atoms with Gasteiger partial charge in [0.2, 0.25) is 0 Å². The Kier molecular flexibility index (Phi) is 7.69. The zero-order chi connectivity index (χ0) is 39.6. The number of fused-ring (bicyclic) bond motifs is 10. The van der Waals surface area contributed by atoms with Crippen LogP contribution in [0.25, 0.3) is 78.3 Å². The maximum absolute atomic E-state index is 6.69. The smallest absolute Gasteiger partial charge is 0.164 e. The predicted molar refractivity (Wildman–Crippen MR) is 240 cm³/mol. The summed E-state index contributed by atoms with van der Waals surface area (Å²) >= 11 is 0. The van der Waals surface area contributed by atoms with Crippen LogP contribution in [0, 0.1) is 0 Å². The number of rotatable bonds is 5. The fourth-order valence-corrected chi connectivity index (χ4v) is 9.54. The van der Waals surface area contributed by atoms with E-state index in [2.05, 4.69) is 138 Å². The summed E-state index contributed by atoms with van der Waals surface area (Å²) in [5.74, 6) is 3.64. The molecular formula is C55H34N4O. The standard InChI is InChI=1S/C55H34N4O/c1-3-14-37(15-4-1)52-57-53(38-16-5-2-6-17-38)59-54(58-52)39-30-28-36(29-31-39)40-19-12-24-46-50(40)51-42(41-20-11-18-35-32-33-56-34-43(35)41)21-13-25-47(51)55(46)44-22-7-9-26-48(44)60-49-27-10-8-23-45(49)55/h1-34H. The molecule has 5 nitrogen and oxygen atoms in total. The van der Waals surface area contributed by atoms with E-state index in [0.29, 0.717) is 17.5 Å². The van der Waals surface area contributed by atoms with E-state index in [1.165, 1.54) is 27.8 Å². The number of benzene rings is 8. The second-order valence-corrected chi connectivity index (χ2v) is 15.3. The molecule has 0 atom stereocenters. The van der Waals surface area contributed by atoms with Crippen molar-refractivity contribution in [3.63, 3.8) is 0 Å². The molecule has 1 aliphatic heterocycles. The monoisotopic (exact) mass is 766 g/mol. The molecule has 1 aliphatic carbocycles. The molecular weight excluding hydrogens is 733 g/mol. The lowest BCUT2D eigenvalue weighted by atomic mass is 9.66. The highest BCUT2D eigenvalue weighted by Crippen LogP contribution is 2.64. The highest BCUT2D eigenvalue weighted by Gasteiger charge is 2.52. The van der Waals surface area contributed by atoms with Crippen LogP contribution in [0.5, 0.6) is 11.5 Å². The Hall–Kier alpha value is -8.02. The Labute approximate surface area is 347 Å². The van der Waals surface area contributed by atoms with Crippen LogP contribution in [0.4, 0.5) is 0 Å². The van der Waals surface area contributed by atoms with E-state index in [-0.39, 0.29) is 0 Å². The van der Waals surface area contributed by atoms with E-state index in [0.717, 1.165) is 66.8 Å². The van der Waals surface area contributed by atoms with Gasteiger partial charge in [-0.25, -0.2) is 15.0 Å². The molecule has 12 rings (SSSR count). The van der Waals surface area contributed by atoms with Gasteiger partial charge in [-0.3, -0.25) is 4.98 Å². The van der Waals surface area contributed by atoms with Crippen molar-refractivity contribution in [2.24, 2.45) is 0 Å². The topological polar surface area (TPSA) is 60.8 Å². The first kappa shape index (κ1) is 34.1. The molecule has 10 aromatic rings. The predicted octanol–water partition coefficient (Wildman–Crippen LogP) is 13.2. The third kappa shape index (κ3) is 5.12. The number of pyridine rings is 1. The number of aromatic nitrogens is 4. The normalized spacial score (nSPS) is 12.9. The Morgan fingerprint density at radius 1 is 0.350 bits per heavy atom. The largest absolute Gasteiger partial charge is 0.457 e. The molecule has 0 bridgehead atoms. The van der Waals surface area contributed by atoms with Gasteiger partial charge in [0.1, 0.15) is 11.5 Å². The highest BCUT2D eigenvalue weighted by atomic mass is 16.5. The molecule has 0 saturated carbocycles. The lowest BCUT2D eigenvalue weighted by molar-refractivity contribution is 0.436. The van der Waals surface area contributed by atoms with Gasteiger partial charge in [-0.2, -0.15) is 0 Å². The lowest BCUT2D eigenvalue weighted by Gasteiger charge is -2.39. The van der Waals surface area contributed by atoms with Gasteiger partial charge in [-0.05, 0) is 68.1 Å². The Bertz CT molecular complexity index is 3180. The van der Waals surface area contributed by atoms with Gasteiger partial charge >= 0.3 is 0 Å². The molecule has 3 heterocycles. The maximum Gasteiger partial charge on any atom is 0.164 e. The molecule has 5 heteroatoms. The van der Waals surface area contributed by atoms with E-state index in [1.807, 2.05) is 73.1 Å². The van der Waals surface area contributed by atoms with Crippen molar-refractivity contribution in [1.82, 2.24) is 19.9 Å². The second-order valence-electron chi connectivity index (χ2n) is 15.3. The first-order valence-electron chi connectivity index (χ1n) is 20.2. The summed E-state index contributed by atoms with van der Waals surface area (Å²) in [4.78, 5) is 19.5. The summed E-state index contributed by atoms with van der Waals surface area (Å²) in [6.45, 7) is 0. The fraction of sp³-hybridized carbons (Fsp3) is 0.0182. The number of ether oxygens (including phenoxy) is 1. The first-order chi connectivity index (χ1) is 29.8. The zero-order valence-electron chi connectivity index (χ0n) is 32.3. The second kappa shape index (κ2) is 13.5. The molecule has 0 radical (unpaired) electrons. The molecule has 2 aliphatic rings. The molecule has 2 aromatic heterocycles. The first-order valence-corrected chi connectivity index (χ1v) is 20.2. The molecule has 60 heavy (non-hydrogen) atoms. The van der Waals surface area contributed by atoms with E-state index in [9.17, 15) is 0 Å². The van der Waals surface area contributed by atoms with E-state index >= 15 is 0 Å². The molecule has 0 amide bonds. The van der Waals surface area contributed by atoms with Crippen molar-refractivity contribution in [3.05, 3.63) is 229 Å². The van der Waals surface area contributed by atoms with Crippen molar-refractivity contribution in [2.45, 2.75) is 5.41 Å². The molecule has 1 spiro atoms. The average Bonchev–Trinajstić information content (AvgIpc) is 3.63. The summed E-state index contributed by atoms with van der Waals surface area (Å²) in [6.07, 6.45) is 3.86. The van der Waals surface area contributed by atoms with Crippen LogP contribution >= 0.6 is 0 Å². The van der Waals surface area contributed by atoms with Crippen LogP contribution in [0.1, 0.15) is 22.3 Å². The van der Waals surface area contributed by atoms with Crippen molar-refractivity contribution < 1.29 is 4.74 Å². The Morgan fingerprint density at radius 3 is 1.43 bits per heavy atom. The Morgan fingerprint density at radius 2 is 0.817 bits per heavy atom. The van der Waals surface area contributed by atoms with E-state index in [1.54, 1.807) is 0 Å². The zero-order valence-corrected chi connectivity index (χ0v) is 32.3. The molecule has 0 N–H and O–H groups in total. The van der Waals surface area contributed by atoms with Crippen LogP contribution in [-0.4, -0.2) is 19.9 Å². The molecule has 0 unspecified atom stereocenters. The van der Waals surface area contributed by atoms with Crippen LogP contribution in [0.3, 0.4) is 0 Å². The van der Waals surface area contributed by atoms with Gasteiger partial charge in [-0.1, -0.05) is 176 Å². The number of para-hydroxylation sites is 2. The van der Waals surface area contributed by atoms with Crippen LogP contribution < -0.4 is 4.74 Å². The number of hydrogen-bond donors (Lipinski definition) is 0. The van der Waals surface area contributed by atoms with Crippen molar-refractivity contribution in [1.29, 1.82) is 0 Å². The summed E-state index contributed by atoms with van der Waals surface area (Å²) in [5, 5.41) is 2.27. The van der Waals surface area contributed by atoms with Crippen LogP contribution in [0.15, 0.2) is 207 Å². The highest BCUT2D eigenvalue weighted by molar-refractivity contribution is 6.07. The molecule has 0 fully saturated rings. The quantitative estimate of drug-likeness (QED) is 0.175. The van der Waals surface area contributed by atoms with Gasteiger partial charge in [0, 0.05) is 45.6 Å². The molecule has 0 saturated heterocycles. The Balaban J connectivity index is 1.10. The van der Waals surface area contributed by atoms with Crippen molar-refractivity contribution in [2.75, 3.05) is 0 Å². The van der Waals surface area contributed by atoms with Gasteiger partial charge in [0.05, 0.1) is 5.41 Å². The fourth-order valence-electron chi connectivity index (χ4n) is 9.54. The van der Waals surface area contributed by atoms with Crippen molar-refractivity contribution >= 4 is 10.8 Å². The van der Waals surface area contributed by atoms with Gasteiger partial charge in [-0.15, -0.1) is 0 Å². The minimum Gasteiger partial charge on any atom is -0.457 e. The van der Waals surface area contributed by atoms with Gasteiger partial charge in [0.15, 0.2) is 17.5 Å². The molecule has 280 valence electrons. The molecule has 8 aromatic carbocycles. The van der Waals surface area contributed by atoms with Crippen LogP contribution in [0.2, 0.25) is 0 Å². The maximum atomic E-state index is 6.69. The van der Waals surface area contributed by atoms with Crippen LogP contribution in [-0.2, 0) is 5.41 Å². The third-order valence-electron chi connectivity index (χ3n) is 12.1. The third-order valence-corrected chi connectivity index (χ3v) is 12.1. The lowest BCUT2D eigenvalue weighted by Crippen LogP contribution is -2.32. The summed E-state index contributed by atoms with van der Waals surface area (Å²) in [6, 6.07) is 68.2. The minimum absolute atomic E-state index is 0.624. The van der Waals surface area contributed by atoms with E-state index < -0.39 is 5.41 Å². The van der Waals surface area contributed by atoms with Gasteiger partial charge < -0.3 is 4.74 Å². The van der Waals surface area contributed by atoms with Gasteiger partial charge in [0.25, 0.3) is 0 Å². The number of nitrogens with zero attached hydrogens (tertiary/aromatic N) is 4. The van der Waals surface area contributed by atoms with E-state index in [4.69, 9.17) is 19.7 Å². The summed E-state index contributed by atoms with van der Waals surface area (Å²) < 4.78 is 6.69. The van der Waals surface area contributed by atoms with Crippen molar-refractivity contribution in [3.8, 4) is 79.0 Å². The number of hydrogen-bond acceptors (Lipinski definition) is 5. The SMILES string of the molecule is c1ccc(-c2nc(-c3ccccc3)nc(-c3ccc(-c4cccc5c4-c4c(-c6cccc7ccncc67)cccc4C54c5ccccc5Oc5ccccc54)cc3)n2)cc1. The summed E-state index contributed by atoms with van der Waals surface area (Å²) in [5.41, 5.74) is 13.9.